The zero-order valence-corrected chi connectivity index (χ0v) is 16.9. The quantitative estimate of drug-likeness (QED) is 0.773. The van der Waals surface area contributed by atoms with Gasteiger partial charge in [0.25, 0.3) is 0 Å². The zero-order chi connectivity index (χ0) is 18.6. The Morgan fingerprint density at radius 1 is 1.08 bits per heavy atom. The van der Waals surface area contributed by atoms with Crippen molar-refractivity contribution in [3.05, 3.63) is 34.9 Å². The van der Waals surface area contributed by atoms with Crippen LogP contribution >= 0.6 is 0 Å². The van der Waals surface area contributed by atoms with Crippen LogP contribution in [0.4, 0.5) is 0 Å². The zero-order valence-electron chi connectivity index (χ0n) is 16.1. The summed E-state index contributed by atoms with van der Waals surface area (Å²) in [6, 6.07) is 6.18. The average Bonchev–Trinajstić information content (AvgIpc) is 2.54. The molecule has 1 fully saturated rings. The monoisotopic (exact) mass is 366 g/mol. The minimum Gasteiger partial charge on any atom is -0.326 e. The SMILES string of the molecule is CC(C)c1cccc(C(C)C)c1CCS(=O)(=O)NC1CCCCC1N. The van der Waals surface area contributed by atoms with Gasteiger partial charge in [-0.15, -0.1) is 0 Å². The lowest BCUT2D eigenvalue weighted by molar-refractivity contribution is 0.361. The maximum Gasteiger partial charge on any atom is 0.212 e. The molecule has 0 amide bonds. The highest BCUT2D eigenvalue weighted by Crippen LogP contribution is 2.28. The first kappa shape index (κ1) is 20.4. The van der Waals surface area contributed by atoms with Gasteiger partial charge in [-0.1, -0.05) is 58.7 Å². The van der Waals surface area contributed by atoms with Crippen LogP contribution in [0.1, 0.15) is 81.9 Å². The molecule has 0 spiro atoms. The fraction of sp³-hybridized carbons (Fsp3) is 0.700. The van der Waals surface area contributed by atoms with Crippen LogP contribution in [0.25, 0.3) is 0 Å². The molecule has 0 saturated heterocycles. The van der Waals surface area contributed by atoms with Crippen LogP contribution in [0.3, 0.4) is 0 Å². The minimum atomic E-state index is -3.33. The Balaban J connectivity index is 2.14. The maximum atomic E-state index is 12.6. The van der Waals surface area contributed by atoms with E-state index in [1.54, 1.807) is 0 Å². The summed E-state index contributed by atoms with van der Waals surface area (Å²) < 4.78 is 28.1. The number of hydrogen-bond donors (Lipinski definition) is 2. The highest BCUT2D eigenvalue weighted by atomic mass is 32.2. The average molecular weight is 367 g/mol. The number of nitrogens with two attached hydrogens (primary N) is 1. The van der Waals surface area contributed by atoms with E-state index < -0.39 is 10.0 Å². The van der Waals surface area contributed by atoms with Gasteiger partial charge in [0.2, 0.25) is 10.0 Å². The van der Waals surface area contributed by atoms with Gasteiger partial charge in [0.05, 0.1) is 5.75 Å². The van der Waals surface area contributed by atoms with Crippen molar-refractivity contribution < 1.29 is 8.42 Å². The van der Waals surface area contributed by atoms with Crippen molar-refractivity contribution in [3.63, 3.8) is 0 Å². The molecule has 1 saturated carbocycles. The smallest absolute Gasteiger partial charge is 0.212 e. The van der Waals surface area contributed by atoms with Crippen molar-refractivity contribution in [3.8, 4) is 0 Å². The molecule has 0 aliphatic heterocycles. The summed E-state index contributed by atoms with van der Waals surface area (Å²) in [6.07, 6.45) is 4.45. The van der Waals surface area contributed by atoms with Gasteiger partial charge in [0.15, 0.2) is 0 Å². The molecule has 1 aliphatic carbocycles. The molecule has 25 heavy (non-hydrogen) atoms. The van der Waals surface area contributed by atoms with Gasteiger partial charge in [0.1, 0.15) is 0 Å². The number of sulfonamides is 1. The molecule has 5 heteroatoms. The molecule has 3 N–H and O–H groups in total. The second-order valence-corrected chi connectivity index (χ2v) is 9.84. The Labute approximate surface area is 153 Å². The lowest BCUT2D eigenvalue weighted by Gasteiger charge is -2.29. The molecule has 0 aromatic heterocycles. The molecule has 1 aromatic rings. The molecule has 1 aromatic carbocycles. The topological polar surface area (TPSA) is 72.2 Å². The van der Waals surface area contributed by atoms with Crippen molar-refractivity contribution >= 4 is 10.0 Å². The fourth-order valence-electron chi connectivity index (χ4n) is 3.83. The molecule has 2 rings (SSSR count). The van der Waals surface area contributed by atoms with Gasteiger partial charge in [-0.05, 0) is 47.8 Å². The Hall–Kier alpha value is -0.910. The summed E-state index contributed by atoms with van der Waals surface area (Å²) in [5, 5.41) is 0. The van der Waals surface area contributed by atoms with Crippen molar-refractivity contribution in [1.29, 1.82) is 0 Å². The van der Waals surface area contributed by atoms with Crippen LogP contribution in [0.5, 0.6) is 0 Å². The van der Waals surface area contributed by atoms with Crippen LogP contribution < -0.4 is 10.5 Å². The summed E-state index contributed by atoms with van der Waals surface area (Å²) in [6.45, 7) is 8.65. The van der Waals surface area contributed by atoms with E-state index in [-0.39, 0.29) is 17.8 Å². The van der Waals surface area contributed by atoms with E-state index in [0.717, 1.165) is 25.7 Å². The second kappa shape index (κ2) is 8.65. The van der Waals surface area contributed by atoms with Crippen molar-refractivity contribution in [1.82, 2.24) is 4.72 Å². The predicted octanol–water partition coefficient (Wildman–Crippen LogP) is 3.67. The number of rotatable bonds is 7. The first-order valence-corrected chi connectivity index (χ1v) is 11.2. The molecule has 4 nitrogen and oxygen atoms in total. The summed E-state index contributed by atoms with van der Waals surface area (Å²) in [5.41, 5.74) is 9.81. The van der Waals surface area contributed by atoms with Gasteiger partial charge >= 0.3 is 0 Å². The van der Waals surface area contributed by atoms with Gasteiger partial charge < -0.3 is 5.73 Å². The van der Waals surface area contributed by atoms with E-state index in [0.29, 0.717) is 18.3 Å². The van der Waals surface area contributed by atoms with Crippen LogP contribution in [-0.2, 0) is 16.4 Å². The first-order valence-electron chi connectivity index (χ1n) is 9.58. The molecule has 0 heterocycles. The van der Waals surface area contributed by atoms with Gasteiger partial charge in [0, 0.05) is 12.1 Å². The van der Waals surface area contributed by atoms with Gasteiger partial charge in [-0.25, -0.2) is 13.1 Å². The van der Waals surface area contributed by atoms with Gasteiger partial charge in [-0.3, -0.25) is 0 Å². The lowest BCUT2D eigenvalue weighted by atomic mass is 9.87. The van der Waals surface area contributed by atoms with Crippen molar-refractivity contribution in [2.24, 2.45) is 5.73 Å². The molecule has 1 aliphatic rings. The molecular formula is C20H34N2O2S. The Morgan fingerprint density at radius 3 is 2.16 bits per heavy atom. The normalized spacial score (nSPS) is 21.9. The predicted molar refractivity (Wildman–Crippen MR) is 105 cm³/mol. The fourth-order valence-corrected chi connectivity index (χ4v) is 5.17. The highest BCUT2D eigenvalue weighted by molar-refractivity contribution is 7.89. The van der Waals surface area contributed by atoms with E-state index >= 15 is 0 Å². The van der Waals surface area contributed by atoms with Crippen LogP contribution in [0.15, 0.2) is 18.2 Å². The Morgan fingerprint density at radius 2 is 1.64 bits per heavy atom. The maximum absolute atomic E-state index is 12.6. The number of hydrogen-bond acceptors (Lipinski definition) is 3. The van der Waals surface area contributed by atoms with Gasteiger partial charge in [-0.2, -0.15) is 0 Å². The molecule has 2 atom stereocenters. The van der Waals surface area contributed by atoms with Crippen LogP contribution in [0.2, 0.25) is 0 Å². The number of benzene rings is 1. The number of nitrogens with one attached hydrogen (secondary N) is 1. The molecule has 0 bridgehead atoms. The van der Waals surface area contributed by atoms with Crippen LogP contribution in [0, 0.1) is 0 Å². The van der Waals surface area contributed by atoms with E-state index in [9.17, 15) is 8.42 Å². The summed E-state index contributed by atoms with van der Waals surface area (Å²) >= 11 is 0. The third-order valence-electron chi connectivity index (χ3n) is 5.26. The van der Waals surface area contributed by atoms with E-state index in [1.807, 2.05) is 0 Å². The Kier molecular flexibility index (Phi) is 7.06. The summed E-state index contributed by atoms with van der Waals surface area (Å²) in [7, 11) is -3.33. The third-order valence-corrected chi connectivity index (χ3v) is 6.67. The molecule has 0 radical (unpaired) electrons. The van der Waals surface area contributed by atoms with Crippen molar-refractivity contribution in [2.75, 3.05) is 5.75 Å². The van der Waals surface area contributed by atoms with Crippen molar-refractivity contribution in [2.45, 2.75) is 83.7 Å². The second-order valence-electron chi connectivity index (χ2n) is 7.97. The summed E-state index contributed by atoms with van der Waals surface area (Å²) in [5.74, 6) is 0.895. The largest absolute Gasteiger partial charge is 0.326 e. The molecule has 2 unspecified atom stereocenters. The Bertz CT molecular complexity index is 642. The highest BCUT2D eigenvalue weighted by Gasteiger charge is 2.26. The molecular weight excluding hydrogens is 332 g/mol. The lowest BCUT2D eigenvalue weighted by Crippen LogP contribution is -2.49. The van der Waals surface area contributed by atoms with E-state index in [1.165, 1.54) is 16.7 Å². The summed E-state index contributed by atoms with van der Waals surface area (Å²) in [4.78, 5) is 0. The van der Waals surface area contributed by atoms with Crippen LogP contribution in [-0.4, -0.2) is 26.3 Å². The standard InChI is InChI=1S/C20H34N2O2S/c1-14(2)16-8-7-9-17(15(3)4)18(16)12-13-25(23,24)22-20-11-6-5-10-19(20)21/h7-9,14-15,19-20,22H,5-6,10-13,21H2,1-4H3. The molecule has 142 valence electrons. The minimum absolute atomic E-state index is 0.0577. The third kappa shape index (κ3) is 5.53. The first-order chi connectivity index (χ1) is 11.7. The van der Waals surface area contributed by atoms with E-state index in [2.05, 4.69) is 50.6 Å². The van der Waals surface area contributed by atoms with E-state index in [4.69, 9.17) is 5.73 Å².